The normalized spacial score (nSPS) is 22.9. The van der Waals surface area contributed by atoms with Crippen molar-refractivity contribution >= 4 is 40.2 Å². The number of pyridine rings is 6. The number of carbonyl (C=O) groups excluding carboxylic acids is 4. The van der Waals surface area contributed by atoms with Crippen LogP contribution in [0.4, 0.5) is 0 Å². The van der Waals surface area contributed by atoms with E-state index in [-0.39, 0.29) is 65.9 Å². The second-order valence-electron chi connectivity index (χ2n) is 31.7. The van der Waals surface area contributed by atoms with Crippen LogP contribution in [0.2, 0.25) is 0 Å². The Balaban J connectivity index is 0.000000111. The summed E-state index contributed by atoms with van der Waals surface area (Å²) in [6, 6.07) is 56.3. The van der Waals surface area contributed by atoms with Crippen LogP contribution in [-0.2, 0) is 14.1 Å². The van der Waals surface area contributed by atoms with Gasteiger partial charge in [0, 0.05) is 182 Å². The maximum absolute atomic E-state index is 13.8. The predicted octanol–water partition coefficient (Wildman–Crippen LogP) is 14.6. The Kier molecular flexibility index (Phi) is 22.4. The maximum atomic E-state index is 13.8. The van der Waals surface area contributed by atoms with Crippen molar-refractivity contribution in [3.8, 4) is 51.7 Å². The molecule has 8 aliphatic heterocycles. The number of aryl methyl sites for hydroxylation is 4. The highest BCUT2D eigenvalue weighted by Crippen LogP contribution is 2.48. The third kappa shape index (κ3) is 15.6. The first-order chi connectivity index (χ1) is 56.8. The van der Waals surface area contributed by atoms with E-state index in [0.29, 0.717) is 114 Å². The fourth-order valence-electron chi connectivity index (χ4n) is 19.6. The lowest BCUT2D eigenvalue weighted by Gasteiger charge is -2.25. The van der Waals surface area contributed by atoms with E-state index in [1.165, 1.54) is 0 Å². The topological polar surface area (TPSA) is 245 Å². The number of nitrogens with zero attached hydrogens (tertiary/aromatic N) is 15. The van der Waals surface area contributed by atoms with E-state index in [2.05, 4.69) is 59.7 Å². The fraction of sp³-hybridized carbons (Fsp3) is 0.370. The number of fused-ring (bicyclic) bond motifs is 10. The molecule has 0 saturated carbocycles. The number of amides is 4. The van der Waals surface area contributed by atoms with Gasteiger partial charge in [0.1, 0.15) is 28.3 Å². The number of hydrogen-bond acceptors (Lipinski definition) is 17. The molecule has 24 nitrogen and oxygen atoms in total. The van der Waals surface area contributed by atoms with Crippen LogP contribution in [-0.4, -0.2) is 178 Å². The van der Waals surface area contributed by atoms with Crippen LogP contribution < -0.4 is 23.7 Å². The minimum Gasteiger partial charge on any atom is -0.493 e. The van der Waals surface area contributed by atoms with E-state index in [0.717, 1.165) is 127 Å². The summed E-state index contributed by atoms with van der Waals surface area (Å²) in [5, 5.41) is 10.1. The zero-order valence-electron chi connectivity index (χ0n) is 66.1. The largest absolute Gasteiger partial charge is 0.493 e. The minimum absolute atomic E-state index is 0.0237. The molecule has 24 heteroatoms. The van der Waals surface area contributed by atoms with E-state index in [9.17, 15) is 19.2 Å². The quantitative estimate of drug-likeness (QED) is 0.0688. The van der Waals surface area contributed by atoms with E-state index < -0.39 is 0 Å². The fourth-order valence-corrected chi connectivity index (χ4v) is 19.6. The third-order valence-electron chi connectivity index (χ3n) is 24.7. The lowest BCUT2D eigenvalue weighted by atomic mass is 9.90. The maximum Gasteiger partial charge on any atom is 0.275 e. The summed E-state index contributed by atoms with van der Waals surface area (Å²) in [6.07, 6.45) is 26.6. The number of benzene rings is 3. The Hall–Kier alpha value is -12.3. The standard InChI is InChI=1S/C24H25N3O3.2C23H24N4O2.C22H24N4O2/c1-2-29-20-11-8-16-6-5-13-26-23(16)22(20)24(28)27-18-9-10-19(27)17(14-18)15-30-21-7-3-4-12-25-21;1-26-14-19(22(25-26)16-7-3-2-4-8-16)23(28)27-18-10-11-20(27)17(13-18)15-29-21-9-5-6-12-24-21;1-26-14-19(16-7-3-2-4-8-16)22(25-26)23(28)27-18-10-11-20(27)17(13-18)15-29-21-9-5-6-12-24-21;1-14-6-9-19-24-12-15(2)25(19)21(14)22(27)26-17-7-8-18(26)16(11-17)13-28-20-5-3-4-10-23-20/h3-8,11-13,17-19H,2,9-10,14-15H2,1H3;2*2-9,12,14,17-18,20H,10-11,13,15H2,1H3;3-6,9-10,12,16-18H,7-8,11,13H2,1-2H3. The minimum atomic E-state index is 0.0237. The molecule has 3 aromatic carbocycles. The molecule has 9 aromatic heterocycles. The molecule has 12 aromatic rings. The van der Waals surface area contributed by atoms with Crippen molar-refractivity contribution in [3.63, 3.8) is 0 Å². The number of imidazole rings is 1. The Bertz CT molecular complexity index is 5260. The second kappa shape index (κ2) is 34.0. The van der Waals surface area contributed by atoms with Gasteiger partial charge < -0.3 is 43.3 Å². The Morgan fingerprint density at radius 2 is 0.862 bits per heavy atom. The molecule has 4 amide bonds. The first-order valence-electron chi connectivity index (χ1n) is 40.9. The summed E-state index contributed by atoms with van der Waals surface area (Å²) in [7, 11) is 3.73. The number of carbonyl (C=O) groups is 4. The molecule has 12 unspecified atom stereocenters. The van der Waals surface area contributed by atoms with Crippen LogP contribution in [0.3, 0.4) is 0 Å². The molecule has 0 aliphatic carbocycles. The number of aromatic nitrogens is 11. The molecule has 12 atom stereocenters. The number of hydrogen-bond donors (Lipinski definition) is 0. The number of rotatable bonds is 20. The van der Waals surface area contributed by atoms with Gasteiger partial charge in [-0.3, -0.25) is 37.9 Å². The molecule has 8 saturated heterocycles. The highest BCUT2D eigenvalue weighted by Gasteiger charge is 2.53. The van der Waals surface area contributed by atoms with Gasteiger partial charge in [-0.05, 0) is 157 Å². The molecular formula is C92H97N15O9. The predicted molar refractivity (Wildman–Crippen MR) is 438 cm³/mol. The molecule has 20 rings (SSSR count). The molecule has 17 heterocycles. The molecular weight excluding hydrogens is 1460 g/mol. The molecule has 8 aliphatic rings. The monoisotopic (exact) mass is 1560 g/mol. The van der Waals surface area contributed by atoms with Crippen molar-refractivity contribution in [2.75, 3.05) is 33.0 Å². The van der Waals surface area contributed by atoms with Crippen LogP contribution in [0.15, 0.2) is 219 Å². The van der Waals surface area contributed by atoms with Crippen molar-refractivity contribution in [1.82, 2.24) is 73.5 Å². The van der Waals surface area contributed by atoms with Gasteiger partial charge in [0.15, 0.2) is 5.69 Å². The summed E-state index contributed by atoms with van der Waals surface area (Å²) in [5.74, 6) is 4.81. The van der Waals surface area contributed by atoms with Crippen LogP contribution in [0, 0.1) is 37.5 Å². The van der Waals surface area contributed by atoms with Crippen molar-refractivity contribution < 1.29 is 42.9 Å². The Labute approximate surface area is 674 Å². The molecule has 0 radical (unpaired) electrons. The summed E-state index contributed by atoms with van der Waals surface area (Å²) < 4.78 is 34.9. The molecule has 0 spiro atoms. The Morgan fingerprint density at radius 1 is 0.414 bits per heavy atom. The average Bonchev–Trinajstić information content (AvgIpc) is 1.61. The summed E-state index contributed by atoms with van der Waals surface area (Å²) >= 11 is 0. The van der Waals surface area contributed by atoms with E-state index >= 15 is 0 Å². The second-order valence-corrected chi connectivity index (χ2v) is 31.7. The van der Waals surface area contributed by atoms with E-state index in [4.69, 9.17) is 23.7 Å². The van der Waals surface area contributed by atoms with Gasteiger partial charge in [0.05, 0.1) is 44.1 Å². The van der Waals surface area contributed by atoms with Crippen molar-refractivity contribution in [1.29, 1.82) is 0 Å². The van der Waals surface area contributed by atoms with Crippen molar-refractivity contribution in [3.05, 3.63) is 253 Å². The van der Waals surface area contributed by atoms with Crippen LogP contribution >= 0.6 is 0 Å². The lowest BCUT2D eigenvalue weighted by Crippen LogP contribution is -2.38. The van der Waals surface area contributed by atoms with Crippen LogP contribution in [0.5, 0.6) is 29.3 Å². The Morgan fingerprint density at radius 3 is 1.34 bits per heavy atom. The van der Waals surface area contributed by atoms with Crippen molar-refractivity contribution in [2.24, 2.45) is 37.8 Å². The van der Waals surface area contributed by atoms with Crippen LogP contribution in [0.1, 0.15) is 137 Å². The highest BCUT2D eigenvalue weighted by molar-refractivity contribution is 6.08. The van der Waals surface area contributed by atoms with E-state index in [1.54, 1.807) is 40.3 Å². The average molecular weight is 1560 g/mol. The molecule has 116 heavy (non-hydrogen) atoms. The van der Waals surface area contributed by atoms with E-state index in [1.807, 2.05) is 228 Å². The number of ether oxygens (including phenoxy) is 5. The third-order valence-corrected chi connectivity index (χ3v) is 24.7. The molecule has 0 N–H and O–H groups in total. The zero-order valence-corrected chi connectivity index (χ0v) is 66.1. The zero-order chi connectivity index (χ0) is 79.3. The van der Waals surface area contributed by atoms with Gasteiger partial charge in [-0.15, -0.1) is 0 Å². The highest BCUT2D eigenvalue weighted by atomic mass is 16.5. The summed E-state index contributed by atoms with van der Waals surface area (Å²) in [6.45, 7) is 8.82. The van der Waals surface area contributed by atoms with Gasteiger partial charge in [0.2, 0.25) is 23.5 Å². The summed E-state index contributed by atoms with van der Waals surface area (Å²) in [4.78, 5) is 88.8. The van der Waals surface area contributed by atoms with Gasteiger partial charge in [-0.1, -0.05) is 97.1 Å². The van der Waals surface area contributed by atoms with Gasteiger partial charge in [0.25, 0.3) is 23.6 Å². The first-order valence-corrected chi connectivity index (χ1v) is 40.9. The first kappa shape index (κ1) is 76.3. The van der Waals surface area contributed by atoms with Crippen molar-refractivity contribution in [2.45, 2.75) is 146 Å². The van der Waals surface area contributed by atoms with Gasteiger partial charge >= 0.3 is 0 Å². The van der Waals surface area contributed by atoms with Gasteiger partial charge in [-0.25, -0.2) is 24.9 Å². The molecule has 8 bridgehead atoms. The SMILES string of the molecule is CCOc1ccc2cccnc2c1C(=O)N1C2CCC1C(COc1ccccn1)C2.Cc1ccc2ncc(C)n2c1C(=O)N1C2CCC1C(COc1ccccn1)C2.Cn1cc(-c2ccccc2)c(C(=O)N2C3CCC2C(COc2ccccn2)C3)n1.Cn1cc(C(=O)N2C3CCC2C(COc2ccccn2)C3)c(-c2ccccc2)n1. The lowest BCUT2D eigenvalue weighted by molar-refractivity contribution is 0.0693. The molecule has 8 fully saturated rings. The molecule has 594 valence electrons. The smallest absolute Gasteiger partial charge is 0.275 e. The van der Waals surface area contributed by atoms with Crippen LogP contribution in [0.25, 0.3) is 38.9 Å². The van der Waals surface area contributed by atoms with Gasteiger partial charge in [-0.2, -0.15) is 10.2 Å². The summed E-state index contributed by atoms with van der Waals surface area (Å²) in [5.41, 5.74) is 9.71.